The van der Waals surface area contributed by atoms with Crippen LogP contribution in [0.2, 0.25) is 0 Å². The molecule has 0 aliphatic heterocycles. The second-order valence-corrected chi connectivity index (χ2v) is 8.38. The second-order valence-electron chi connectivity index (χ2n) is 8.38. The van der Waals surface area contributed by atoms with Gasteiger partial charge in [0.15, 0.2) is 0 Å². The summed E-state index contributed by atoms with van der Waals surface area (Å²) in [5.74, 6) is -0.132. The highest BCUT2D eigenvalue weighted by atomic mass is 19.4. The average molecular weight is 491 g/mol. The van der Waals surface area contributed by atoms with Crippen molar-refractivity contribution in [3.8, 4) is 11.5 Å². The number of carbonyl (C=O) groups excluding carboxylic acids is 1. The Balaban J connectivity index is 1.51. The number of halogens is 3. The molecule has 0 radical (unpaired) electrons. The first-order chi connectivity index (χ1) is 16.8. The lowest BCUT2D eigenvalue weighted by Gasteiger charge is -2.09. The van der Waals surface area contributed by atoms with Crippen molar-refractivity contribution in [2.24, 2.45) is 0 Å². The molecule has 35 heavy (non-hydrogen) atoms. The van der Waals surface area contributed by atoms with E-state index in [0.717, 1.165) is 37.1 Å². The number of rotatable bonds is 12. The Kier molecular flexibility index (Phi) is 9.34. The molecule has 0 aliphatic carbocycles. The molecule has 0 amide bonds. The third-order valence-corrected chi connectivity index (χ3v) is 5.58. The molecule has 1 heterocycles. The van der Waals surface area contributed by atoms with Crippen LogP contribution in [0.1, 0.15) is 74.2 Å². The summed E-state index contributed by atoms with van der Waals surface area (Å²) in [6.45, 7) is 2.81. The molecule has 2 aromatic carbocycles. The Bertz CT molecular complexity index is 1170. The Morgan fingerprint density at radius 1 is 0.857 bits per heavy atom. The normalized spacial score (nSPS) is 11.5. The van der Waals surface area contributed by atoms with Gasteiger partial charge in [0.1, 0.15) is 22.6 Å². The van der Waals surface area contributed by atoms with Gasteiger partial charge in [0, 0.05) is 5.39 Å². The second kappa shape index (κ2) is 12.4. The van der Waals surface area contributed by atoms with Crippen molar-refractivity contribution in [1.82, 2.24) is 0 Å². The lowest BCUT2D eigenvalue weighted by molar-refractivity contribution is -0.137. The highest BCUT2D eigenvalue weighted by Gasteiger charge is 2.31. The smallest absolute Gasteiger partial charge is 0.416 e. The maximum absolute atomic E-state index is 12.9. The first-order valence-corrected chi connectivity index (χ1v) is 11.9. The predicted molar refractivity (Wildman–Crippen MR) is 127 cm³/mol. The summed E-state index contributed by atoms with van der Waals surface area (Å²) in [5.41, 5.74) is -2.70. The fourth-order valence-electron chi connectivity index (χ4n) is 3.62. The van der Waals surface area contributed by atoms with E-state index in [2.05, 4.69) is 6.92 Å². The van der Waals surface area contributed by atoms with Crippen LogP contribution in [0.5, 0.6) is 11.5 Å². The molecular weight excluding hydrogens is 461 g/mol. The largest absolute Gasteiger partial charge is 0.494 e. The molecule has 0 fully saturated rings. The van der Waals surface area contributed by atoms with Gasteiger partial charge in [-0.15, -0.1) is 0 Å². The van der Waals surface area contributed by atoms with E-state index in [9.17, 15) is 22.8 Å². The molecule has 0 saturated carbocycles. The first kappa shape index (κ1) is 26.3. The monoisotopic (exact) mass is 490 g/mol. The van der Waals surface area contributed by atoms with Crippen molar-refractivity contribution in [3.63, 3.8) is 0 Å². The molecule has 0 atom stereocenters. The molecule has 0 spiro atoms. The summed E-state index contributed by atoms with van der Waals surface area (Å²) in [6, 6.07) is 10.3. The molecule has 0 unspecified atom stereocenters. The van der Waals surface area contributed by atoms with Crippen LogP contribution < -0.4 is 15.1 Å². The van der Waals surface area contributed by atoms with Gasteiger partial charge in [-0.25, -0.2) is 9.59 Å². The van der Waals surface area contributed by atoms with E-state index in [1.165, 1.54) is 38.5 Å². The fraction of sp³-hybridized carbons (Fsp3) is 0.407. The molecule has 188 valence electrons. The predicted octanol–water partition coefficient (Wildman–Crippen LogP) is 7.55. The van der Waals surface area contributed by atoms with Gasteiger partial charge in [-0.2, -0.15) is 13.2 Å². The molecular formula is C27H29F3O5. The van der Waals surface area contributed by atoms with Crippen molar-refractivity contribution in [2.45, 2.75) is 64.5 Å². The van der Waals surface area contributed by atoms with E-state index >= 15 is 0 Å². The third kappa shape index (κ3) is 7.87. The summed E-state index contributed by atoms with van der Waals surface area (Å²) < 4.78 is 54.4. The van der Waals surface area contributed by atoms with Crippen molar-refractivity contribution in [2.75, 3.05) is 6.61 Å². The maximum atomic E-state index is 12.9. The minimum Gasteiger partial charge on any atom is -0.494 e. The number of hydrogen-bond donors (Lipinski definition) is 0. The SMILES string of the molecule is CCCCCCCCCCOc1ccc(OC(=O)c2cc3ccc(C(F)(F)F)cc3oc2=O)cc1. The molecule has 0 saturated heterocycles. The average Bonchev–Trinajstić information content (AvgIpc) is 2.82. The summed E-state index contributed by atoms with van der Waals surface area (Å²) in [5, 5.41) is 0.175. The van der Waals surface area contributed by atoms with Crippen LogP contribution in [0.3, 0.4) is 0 Å². The Labute approximate surface area is 201 Å². The van der Waals surface area contributed by atoms with Crippen LogP contribution in [-0.4, -0.2) is 12.6 Å². The van der Waals surface area contributed by atoms with Gasteiger partial charge < -0.3 is 13.9 Å². The van der Waals surface area contributed by atoms with Crippen molar-refractivity contribution < 1.29 is 31.9 Å². The van der Waals surface area contributed by atoms with E-state index < -0.39 is 28.9 Å². The molecule has 0 bridgehead atoms. The van der Waals surface area contributed by atoms with E-state index in [4.69, 9.17) is 13.9 Å². The van der Waals surface area contributed by atoms with Gasteiger partial charge in [-0.1, -0.05) is 57.9 Å². The number of alkyl halides is 3. The summed E-state index contributed by atoms with van der Waals surface area (Å²) in [4.78, 5) is 24.6. The number of benzene rings is 2. The summed E-state index contributed by atoms with van der Waals surface area (Å²) in [7, 11) is 0. The first-order valence-electron chi connectivity index (χ1n) is 11.9. The third-order valence-electron chi connectivity index (χ3n) is 5.58. The maximum Gasteiger partial charge on any atom is 0.416 e. The van der Waals surface area contributed by atoms with Crippen LogP contribution in [0.25, 0.3) is 11.0 Å². The van der Waals surface area contributed by atoms with E-state index in [-0.39, 0.29) is 16.7 Å². The van der Waals surface area contributed by atoms with Crippen LogP contribution in [0.15, 0.2) is 57.7 Å². The zero-order valence-electron chi connectivity index (χ0n) is 19.7. The van der Waals surface area contributed by atoms with Gasteiger partial charge >= 0.3 is 17.8 Å². The number of hydrogen-bond acceptors (Lipinski definition) is 5. The van der Waals surface area contributed by atoms with Crippen LogP contribution >= 0.6 is 0 Å². The zero-order valence-corrected chi connectivity index (χ0v) is 19.7. The lowest BCUT2D eigenvalue weighted by atomic mass is 10.1. The van der Waals surface area contributed by atoms with Gasteiger partial charge in [0.25, 0.3) is 0 Å². The van der Waals surface area contributed by atoms with E-state index in [1.807, 2.05) is 0 Å². The van der Waals surface area contributed by atoms with E-state index in [0.29, 0.717) is 12.4 Å². The van der Waals surface area contributed by atoms with Gasteiger partial charge in [0.2, 0.25) is 0 Å². The molecule has 1 aromatic heterocycles. The lowest BCUT2D eigenvalue weighted by Crippen LogP contribution is -2.18. The van der Waals surface area contributed by atoms with Gasteiger partial charge in [-0.3, -0.25) is 0 Å². The zero-order chi connectivity index (χ0) is 25.3. The minimum absolute atomic E-state index is 0.175. The van der Waals surface area contributed by atoms with Crippen LogP contribution in [0, 0.1) is 0 Å². The number of carbonyl (C=O) groups is 1. The van der Waals surface area contributed by atoms with E-state index in [1.54, 1.807) is 24.3 Å². The Morgan fingerprint density at radius 2 is 1.49 bits per heavy atom. The Hall–Kier alpha value is -3.29. The molecule has 8 heteroatoms. The molecule has 5 nitrogen and oxygen atoms in total. The number of unbranched alkanes of at least 4 members (excludes halogenated alkanes) is 7. The fourth-order valence-corrected chi connectivity index (χ4v) is 3.62. The van der Waals surface area contributed by atoms with Crippen LogP contribution in [-0.2, 0) is 6.18 Å². The molecule has 0 N–H and O–H groups in total. The summed E-state index contributed by atoms with van der Waals surface area (Å²) in [6.07, 6.45) is 5.11. The molecule has 3 aromatic rings. The van der Waals surface area contributed by atoms with Crippen LogP contribution in [0.4, 0.5) is 13.2 Å². The quantitative estimate of drug-likeness (QED) is 0.113. The highest BCUT2D eigenvalue weighted by molar-refractivity contribution is 5.94. The van der Waals surface area contributed by atoms with Crippen molar-refractivity contribution in [1.29, 1.82) is 0 Å². The topological polar surface area (TPSA) is 65.7 Å². The van der Waals surface area contributed by atoms with Gasteiger partial charge in [0.05, 0.1) is 12.2 Å². The standard InChI is InChI=1S/C27H29F3O5/c1-2-3-4-5-6-7-8-9-16-33-21-12-14-22(15-13-21)34-25(31)23-17-19-10-11-20(27(28,29)30)18-24(19)35-26(23)32/h10-15,17-18H,2-9,16H2,1H3. The van der Waals surface area contributed by atoms with Gasteiger partial charge in [-0.05, 0) is 48.9 Å². The molecule has 0 aliphatic rings. The number of esters is 1. The highest BCUT2D eigenvalue weighted by Crippen LogP contribution is 2.31. The minimum atomic E-state index is -4.58. The number of ether oxygens (including phenoxy) is 2. The molecule has 3 rings (SSSR count). The van der Waals surface area contributed by atoms with Crippen molar-refractivity contribution in [3.05, 3.63) is 70.1 Å². The summed E-state index contributed by atoms with van der Waals surface area (Å²) >= 11 is 0. The number of fused-ring (bicyclic) bond motifs is 1. The van der Waals surface area contributed by atoms with Crippen molar-refractivity contribution >= 4 is 16.9 Å². The Morgan fingerprint density at radius 3 is 2.14 bits per heavy atom.